The molecule has 1 aliphatic heterocycles. The molecule has 0 spiro atoms. The zero-order valence-electron chi connectivity index (χ0n) is 15.2. The Labute approximate surface area is 152 Å². The van der Waals surface area contributed by atoms with Crippen LogP contribution < -0.4 is 10.6 Å². The molecular weight excluding hydrogens is 328 g/mol. The number of ketones is 1. The molecule has 1 saturated carbocycles. The number of nitrogens with zero attached hydrogens (tertiary/aromatic N) is 2. The SMILES string of the molecule is CC(=O)c1ccc(NC2CC(c3ccnc4c3C(C)(C)C(=O)N4)C2)nc1. The molecule has 0 bridgehead atoms. The molecule has 2 aromatic heterocycles. The third-order valence-corrected chi connectivity index (χ3v) is 5.51. The molecule has 6 heteroatoms. The van der Waals surface area contributed by atoms with Gasteiger partial charge in [-0.2, -0.15) is 0 Å². The molecular formula is C20H22N4O2. The second kappa shape index (κ2) is 5.90. The lowest BCUT2D eigenvalue weighted by molar-refractivity contribution is -0.119. The predicted molar refractivity (Wildman–Crippen MR) is 99.5 cm³/mol. The Hall–Kier alpha value is -2.76. The van der Waals surface area contributed by atoms with Crippen molar-refractivity contribution < 1.29 is 9.59 Å². The van der Waals surface area contributed by atoms with Crippen LogP contribution in [0.3, 0.4) is 0 Å². The maximum absolute atomic E-state index is 12.2. The highest BCUT2D eigenvalue weighted by molar-refractivity contribution is 6.05. The van der Waals surface area contributed by atoms with E-state index in [4.69, 9.17) is 0 Å². The highest BCUT2D eigenvalue weighted by Crippen LogP contribution is 2.46. The lowest BCUT2D eigenvalue weighted by atomic mass is 9.71. The van der Waals surface area contributed by atoms with Crippen LogP contribution in [0.5, 0.6) is 0 Å². The van der Waals surface area contributed by atoms with Gasteiger partial charge in [0.05, 0.1) is 5.41 Å². The van der Waals surface area contributed by atoms with Gasteiger partial charge >= 0.3 is 0 Å². The molecule has 1 aliphatic carbocycles. The zero-order chi connectivity index (χ0) is 18.5. The van der Waals surface area contributed by atoms with Gasteiger partial charge in [0.1, 0.15) is 11.6 Å². The molecule has 2 aromatic rings. The molecule has 2 aliphatic rings. The first-order chi connectivity index (χ1) is 12.4. The van der Waals surface area contributed by atoms with E-state index >= 15 is 0 Å². The second-order valence-corrected chi connectivity index (χ2v) is 7.70. The lowest BCUT2D eigenvalue weighted by Gasteiger charge is -2.38. The first-order valence-electron chi connectivity index (χ1n) is 8.90. The van der Waals surface area contributed by atoms with Gasteiger partial charge in [-0.3, -0.25) is 9.59 Å². The standard InChI is InChI=1S/C20H22N4O2/c1-11(25)12-4-5-16(22-10-12)23-14-8-13(9-14)15-6-7-21-18-17(15)20(2,3)19(26)24-18/h4-7,10,13-14H,8-9H2,1-3H3,(H,22,23)(H,21,24,26). The number of carbonyl (C=O) groups excluding carboxylic acids is 2. The Balaban J connectivity index is 1.46. The summed E-state index contributed by atoms with van der Waals surface area (Å²) in [5.74, 6) is 1.93. The van der Waals surface area contributed by atoms with Crippen LogP contribution in [0.25, 0.3) is 0 Å². The molecule has 0 aromatic carbocycles. The quantitative estimate of drug-likeness (QED) is 0.827. The van der Waals surface area contributed by atoms with Crippen LogP contribution >= 0.6 is 0 Å². The van der Waals surface area contributed by atoms with Crippen LogP contribution in [0, 0.1) is 0 Å². The smallest absolute Gasteiger partial charge is 0.235 e. The van der Waals surface area contributed by atoms with E-state index in [0.29, 0.717) is 23.3 Å². The average molecular weight is 350 g/mol. The maximum Gasteiger partial charge on any atom is 0.235 e. The van der Waals surface area contributed by atoms with Gasteiger partial charge in [0.2, 0.25) is 5.91 Å². The highest BCUT2D eigenvalue weighted by Gasteiger charge is 2.44. The summed E-state index contributed by atoms with van der Waals surface area (Å²) in [5.41, 5.74) is 2.34. The van der Waals surface area contributed by atoms with Crippen molar-refractivity contribution in [1.29, 1.82) is 0 Å². The van der Waals surface area contributed by atoms with E-state index in [9.17, 15) is 9.59 Å². The van der Waals surface area contributed by atoms with Gasteiger partial charge in [0, 0.05) is 29.6 Å². The van der Waals surface area contributed by atoms with E-state index < -0.39 is 5.41 Å². The van der Waals surface area contributed by atoms with Crippen LogP contribution in [0.1, 0.15) is 61.0 Å². The van der Waals surface area contributed by atoms with Crippen molar-refractivity contribution in [3.05, 3.63) is 47.3 Å². The number of hydrogen-bond acceptors (Lipinski definition) is 5. The second-order valence-electron chi connectivity index (χ2n) is 7.70. The molecule has 1 fully saturated rings. The number of carbonyl (C=O) groups is 2. The van der Waals surface area contributed by atoms with E-state index in [-0.39, 0.29) is 11.7 Å². The highest BCUT2D eigenvalue weighted by atomic mass is 16.2. The van der Waals surface area contributed by atoms with Gasteiger partial charge < -0.3 is 10.6 Å². The number of fused-ring (bicyclic) bond motifs is 1. The van der Waals surface area contributed by atoms with Gasteiger partial charge in [-0.05, 0) is 63.3 Å². The number of nitrogens with one attached hydrogen (secondary N) is 2. The molecule has 2 N–H and O–H groups in total. The number of aromatic nitrogens is 2. The number of hydrogen-bond donors (Lipinski definition) is 2. The van der Waals surface area contributed by atoms with Crippen LogP contribution in [0.4, 0.5) is 11.6 Å². The Morgan fingerprint density at radius 2 is 2.00 bits per heavy atom. The van der Waals surface area contributed by atoms with Crippen molar-refractivity contribution in [3.8, 4) is 0 Å². The van der Waals surface area contributed by atoms with Gasteiger partial charge in [-0.25, -0.2) is 9.97 Å². The summed E-state index contributed by atoms with van der Waals surface area (Å²) in [4.78, 5) is 32.2. The predicted octanol–water partition coefficient (Wildman–Crippen LogP) is 3.27. The molecule has 6 nitrogen and oxygen atoms in total. The van der Waals surface area contributed by atoms with Crippen molar-refractivity contribution in [3.63, 3.8) is 0 Å². The molecule has 0 unspecified atom stereocenters. The van der Waals surface area contributed by atoms with Crippen molar-refractivity contribution in [1.82, 2.24) is 9.97 Å². The minimum atomic E-state index is -0.540. The number of rotatable bonds is 4. The monoisotopic (exact) mass is 350 g/mol. The normalized spacial score (nSPS) is 23.0. The van der Waals surface area contributed by atoms with Crippen molar-refractivity contribution in [2.45, 2.75) is 51.0 Å². The molecule has 0 radical (unpaired) electrons. The largest absolute Gasteiger partial charge is 0.367 e. The van der Waals surface area contributed by atoms with Gasteiger partial charge in [0.25, 0.3) is 0 Å². The minimum Gasteiger partial charge on any atom is -0.367 e. The first kappa shape index (κ1) is 16.7. The third kappa shape index (κ3) is 2.66. The van der Waals surface area contributed by atoms with Gasteiger partial charge in [-0.15, -0.1) is 0 Å². The average Bonchev–Trinajstić information content (AvgIpc) is 2.80. The topological polar surface area (TPSA) is 84.0 Å². The van der Waals surface area contributed by atoms with Crippen LogP contribution in [0.2, 0.25) is 0 Å². The summed E-state index contributed by atoms with van der Waals surface area (Å²) in [5, 5.41) is 6.31. The van der Waals surface area contributed by atoms with E-state index in [1.807, 2.05) is 26.0 Å². The summed E-state index contributed by atoms with van der Waals surface area (Å²) < 4.78 is 0. The number of amides is 1. The van der Waals surface area contributed by atoms with Gasteiger partial charge in [0.15, 0.2) is 5.78 Å². The van der Waals surface area contributed by atoms with Crippen molar-refractivity contribution in [2.24, 2.45) is 0 Å². The number of pyridine rings is 2. The summed E-state index contributed by atoms with van der Waals surface area (Å²) in [6.45, 7) is 5.44. The Morgan fingerprint density at radius 1 is 1.23 bits per heavy atom. The summed E-state index contributed by atoms with van der Waals surface area (Å²) in [6.07, 6.45) is 5.35. The summed E-state index contributed by atoms with van der Waals surface area (Å²) in [6, 6.07) is 6.03. The minimum absolute atomic E-state index is 0.0104. The molecule has 26 heavy (non-hydrogen) atoms. The van der Waals surface area contributed by atoms with Gasteiger partial charge in [-0.1, -0.05) is 0 Å². The summed E-state index contributed by atoms with van der Waals surface area (Å²) >= 11 is 0. The third-order valence-electron chi connectivity index (χ3n) is 5.51. The zero-order valence-corrected chi connectivity index (χ0v) is 15.2. The molecule has 134 valence electrons. The molecule has 0 atom stereocenters. The lowest BCUT2D eigenvalue weighted by Crippen LogP contribution is -2.36. The Morgan fingerprint density at radius 3 is 2.65 bits per heavy atom. The molecule has 3 heterocycles. The van der Waals surface area contributed by atoms with Crippen molar-refractivity contribution in [2.75, 3.05) is 10.6 Å². The summed E-state index contributed by atoms with van der Waals surface area (Å²) in [7, 11) is 0. The number of anilines is 2. The first-order valence-corrected chi connectivity index (χ1v) is 8.90. The van der Waals surface area contributed by atoms with Crippen LogP contribution in [-0.2, 0) is 10.2 Å². The Bertz CT molecular complexity index is 883. The Kier molecular flexibility index (Phi) is 3.79. The van der Waals surface area contributed by atoms with Crippen LogP contribution in [0.15, 0.2) is 30.6 Å². The molecule has 1 amide bonds. The molecule has 0 saturated heterocycles. The van der Waals surface area contributed by atoms with E-state index in [1.165, 1.54) is 12.5 Å². The molecule has 4 rings (SSSR count). The van der Waals surface area contributed by atoms with E-state index in [0.717, 1.165) is 24.2 Å². The van der Waals surface area contributed by atoms with Crippen molar-refractivity contribution >= 4 is 23.3 Å². The fourth-order valence-electron chi connectivity index (χ4n) is 3.83. The fraction of sp³-hybridized carbons (Fsp3) is 0.400. The van der Waals surface area contributed by atoms with E-state index in [2.05, 4.69) is 20.6 Å². The number of Topliss-reactive ketones (excluding diaryl/α,β-unsaturated/α-hetero) is 1. The van der Waals surface area contributed by atoms with E-state index in [1.54, 1.807) is 18.5 Å². The fourth-order valence-corrected chi connectivity index (χ4v) is 3.83. The maximum atomic E-state index is 12.2. The van der Waals surface area contributed by atoms with Crippen LogP contribution in [-0.4, -0.2) is 27.7 Å².